The number of methoxy groups -OCH3 is 1. The van der Waals surface area contributed by atoms with Crippen molar-refractivity contribution < 1.29 is 35.5 Å². The minimum Gasteiger partial charge on any atom is -0.496 e. The minimum absolute atomic E-state index is 0.350. The zero-order valence-electron chi connectivity index (χ0n) is 10.0. The molecular weight excluding hydrogens is 295 g/mol. The predicted molar refractivity (Wildman–Crippen MR) is 55.5 cm³/mol. The topological polar surface area (TPSA) is 35.2 Å². The molecule has 0 fully saturated rings. The van der Waals surface area contributed by atoms with Crippen LogP contribution in [0, 0.1) is 11.7 Å². The quantitative estimate of drug-likeness (QED) is 0.866. The molecule has 0 aliphatic rings. The first kappa shape index (κ1) is 16.5. The van der Waals surface area contributed by atoms with Crippen LogP contribution in [0.4, 0.5) is 30.7 Å². The van der Waals surface area contributed by atoms with Crippen LogP contribution < -0.4 is 10.5 Å². The van der Waals surface area contributed by atoms with Gasteiger partial charge in [-0.3, -0.25) is 0 Å². The Morgan fingerprint density at radius 1 is 1.05 bits per heavy atom. The van der Waals surface area contributed by atoms with Crippen molar-refractivity contribution in [1.29, 1.82) is 0 Å². The lowest BCUT2D eigenvalue weighted by Gasteiger charge is -2.29. The van der Waals surface area contributed by atoms with E-state index in [0.29, 0.717) is 6.07 Å². The molecule has 0 spiro atoms. The fourth-order valence-electron chi connectivity index (χ4n) is 1.74. The first-order chi connectivity index (χ1) is 8.98. The van der Waals surface area contributed by atoms with Gasteiger partial charge in [0.25, 0.3) is 0 Å². The highest BCUT2D eigenvalue weighted by Crippen LogP contribution is 2.46. The number of rotatable bonds is 3. The number of ether oxygens (including phenoxy) is 1. The summed E-state index contributed by atoms with van der Waals surface area (Å²) < 4.78 is 93.0. The molecule has 2 nitrogen and oxygen atoms in total. The van der Waals surface area contributed by atoms with Gasteiger partial charge < -0.3 is 10.5 Å². The SMILES string of the molecule is COc1ccc(F)cc1C(N)C(C(F)(F)F)C(F)(F)F. The summed E-state index contributed by atoms with van der Waals surface area (Å²) in [5.74, 6) is -5.18. The molecule has 20 heavy (non-hydrogen) atoms. The maximum absolute atomic E-state index is 13.0. The van der Waals surface area contributed by atoms with Crippen molar-refractivity contribution in [2.24, 2.45) is 11.7 Å². The normalized spacial score (nSPS) is 14.5. The Labute approximate surface area is 109 Å². The third-order valence-corrected chi connectivity index (χ3v) is 2.62. The van der Waals surface area contributed by atoms with Crippen molar-refractivity contribution in [1.82, 2.24) is 0 Å². The van der Waals surface area contributed by atoms with Gasteiger partial charge in [0.15, 0.2) is 5.92 Å². The van der Waals surface area contributed by atoms with E-state index < -0.39 is 35.7 Å². The average Bonchev–Trinajstić information content (AvgIpc) is 2.24. The van der Waals surface area contributed by atoms with E-state index in [4.69, 9.17) is 5.73 Å². The highest BCUT2D eigenvalue weighted by Gasteiger charge is 2.60. The highest BCUT2D eigenvalue weighted by molar-refractivity contribution is 5.37. The largest absolute Gasteiger partial charge is 0.496 e. The number of nitrogens with two attached hydrogens (primary N) is 1. The molecule has 0 saturated carbocycles. The van der Waals surface area contributed by atoms with E-state index in [1.807, 2.05) is 0 Å². The summed E-state index contributed by atoms with van der Waals surface area (Å²) in [5.41, 5.74) is 4.37. The molecule has 1 atom stereocenters. The summed E-state index contributed by atoms with van der Waals surface area (Å²) in [6.07, 6.45) is -11.2. The molecule has 0 radical (unpaired) electrons. The Morgan fingerprint density at radius 3 is 1.95 bits per heavy atom. The van der Waals surface area contributed by atoms with Crippen molar-refractivity contribution in [3.05, 3.63) is 29.6 Å². The molecule has 1 unspecified atom stereocenters. The minimum atomic E-state index is -5.62. The first-order valence-electron chi connectivity index (χ1n) is 5.21. The third kappa shape index (κ3) is 3.53. The summed E-state index contributed by atoms with van der Waals surface area (Å²) >= 11 is 0. The molecule has 114 valence electrons. The molecule has 0 aliphatic heterocycles. The van der Waals surface area contributed by atoms with Crippen molar-refractivity contribution >= 4 is 0 Å². The molecule has 0 aliphatic carbocycles. The molecule has 0 aromatic heterocycles. The van der Waals surface area contributed by atoms with Gasteiger partial charge in [-0.05, 0) is 18.2 Å². The molecule has 1 rings (SSSR count). The third-order valence-electron chi connectivity index (χ3n) is 2.62. The molecule has 0 bridgehead atoms. The molecular formula is C11H10F7NO. The van der Waals surface area contributed by atoms with E-state index in [1.54, 1.807) is 0 Å². The van der Waals surface area contributed by atoms with Gasteiger partial charge >= 0.3 is 12.4 Å². The van der Waals surface area contributed by atoms with Crippen LogP contribution in [0.5, 0.6) is 5.75 Å². The summed E-state index contributed by atoms with van der Waals surface area (Å²) in [6.45, 7) is 0. The van der Waals surface area contributed by atoms with Crippen LogP contribution in [-0.2, 0) is 0 Å². The van der Waals surface area contributed by atoms with Crippen molar-refractivity contribution in [2.75, 3.05) is 7.11 Å². The Balaban J connectivity index is 3.33. The van der Waals surface area contributed by atoms with E-state index in [2.05, 4.69) is 4.74 Å². The average molecular weight is 305 g/mol. The monoisotopic (exact) mass is 305 g/mol. The van der Waals surface area contributed by atoms with Crippen LogP contribution in [0.2, 0.25) is 0 Å². The molecule has 0 saturated heterocycles. The van der Waals surface area contributed by atoms with Gasteiger partial charge in [-0.15, -0.1) is 0 Å². The number of alkyl halides is 6. The fraction of sp³-hybridized carbons (Fsp3) is 0.455. The standard InChI is InChI=1S/C11H10F7NO/c1-20-7-3-2-5(12)4-6(7)8(19)9(10(13,14)15)11(16,17)18/h2-4,8-9H,19H2,1H3. The molecule has 0 amide bonds. The molecule has 1 aromatic rings. The van der Waals surface area contributed by atoms with Crippen molar-refractivity contribution in [2.45, 2.75) is 18.4 Å². The maximum atomic E-state index is 13.0. The number of benzene rings is 1. The summed E-state index contributed by atoms with van der Waals surface area (Å²) in [7, 11) is 1.03. The maximum Gasteiger partial charge on any atom is 0.402 e. The van der Waals surface area contributed by atoms with Crippen molar-refractivity contribution in [3.8, 4) is 5.75 Å². The Kier molecular flexibility index (Phi) is 4.52. The molecule has 9 heteroatoms. The lowest BCUT2D eigenvalue weighted by atomic mass is 9.92. The van der Waals surface area contributed by atoms with Gasteiger partial charge in [-0.25, -0.2) is 4.39 Å². The lowest BCUT2D eigenvalue weighted by molar-refractivity contribution is -0.290. The Hall–Kier alpha value is -1.51. The van der Waals surface area contributed by atoms with Gasteiger partial charge in [0.1, 0.15) is 11.6 Å². The Bertz CT molecular complexity index is 455. The highest BCUT2D eigenvalue weighted by atomic mass is 19.4. The van der Waals surface area contributed by atoms with E-state index in [1.165, 1.54) is 0 Å². The van der Waals surface area contributed by atoms with Crippen LogP contribution in [0.1, 0.15) is 11.6 Å². The predicted octanol–water partition coefficient (Wildman–Crippen LogP) is 3.57. The molecule has 2 N–H and O–H groups in total. The number of halogens is 7. The Morgan fingerprint density at radius 2 is 1.55 bits per heavy atom. The molecule has 1 aromatic carbocycles. The van der Waals surface area contributed by atoms with Crippen LogP contribution in [0.25, 0.3) is 0 Å². The van der Waals surface area contributed by atoms with E-state index in [0.717, 1.165) is 19.2 Å². The smallest absolute Gasteiger partial charge is 0.402 e. The van der Waals surface area contributed by atoms with Gasteiger partial charge in [-0.2, -0.15) is 26.3 Å². The fourth-order valence-corrected chi connectivity index (χ4v) is 1.74. The second kappa shape index (κ2) is 5.47. The molecule has 0 heterocycles. The summed E-state index contributed by atoms with van der Waals surface area (Å²) in [5, 5.41) is 0. The van der Waals surface area contributed by atoms with Crippen LogP contribution in [-0.4, -0.2) is 19.5 Å². The van der Waals surface area contributed by atoms with Crippen LogP contribution >= 0.6 is 0 Å². The van der Waals surface area contributed by atoms with Crippen LogP contribution in [0.15, 0.2) is 18.2 Å². The first-order valence-corrected chi connectivity index (χ1v) is 5.21. The van der Waals surface area contributed by atoms with Gasteiger partial charge in [0.2, 0.25) is 0 Å². The second-order valence-corrected chi connectivity index (χ2v) is 3.97. The lowest BCUT2D eigenvalue weighted by Crippen LogP contribution is -2.44. The summed E-state index contributed by atoms with van der Waals surface area (Å²) in [4.78, 5) is 0. The van der Waals surface area contributed by atoms with E-state index in [9.17, 15) is 30.7 Å². The van der Waals surface area contributed by atoms with Crippen LogP contribution in [0.3, 0.4) is 0 Å². The van der Waals surface area contributed by atoms with E-state index in [-0.39, 0.29) is 5.75 Å². The van der Waals surface area contributed by atoms with E-state index >= 15 is 0 Å². The zero-order valence-corrected chi connectivity index (χ0v) is 10.0. The zero-order chi connectivity index (χ0) is 15.7. The van der Waals surface area contributed by atoms with Gasteiger partial charge in [0, 0.05) is 5.56 Å². The van der Waals surface area contributed by atoms with Crippen molar-refractivity contribution in [3.63, 3.8) is 0 Å². The second-order valence-electron chi connectivity index (χ2n) is 3.97. The van der Waals surface area contributed by atoms with Gasteiger partial charge in [0.05, 0.1) is 13.2 Å². The number of hydrogen-bond donors (Lipinski definition) is 1. The van der Waals surface area contributed by atoms with Gasteiger partial charge in [-0.1, -0.05) is 0 Å². The summed E-state index contributed by atoms with van der Waals surface area (Å²) in [6, 6.07) is -0.284. The number of hydrogen-bond acceptors (Lipinski definition) is 2.